The van der Waals surface area contributed by atoms with Crippen molar-refractivity contribution in [2.75, 3.05) is 0 Å². The molecule has 0 saturated carbocycles. The van der Waals surface area contributed by atoms with Crippen LogP contribution >= 0.6 is 12.2 Å². The lowest BCUT2D eigenvalue weighted by atomic mass is 10.2. The maximum atomic E-state index is 10.1. The van der Waals surface area contributed by atoms with Crippen LogP contribution in [0, 0.1) is 16.6 Å². The van der Waals surface area contributed by atoms with Crippen LogP contribution in [0.15, 0.2) is 36.7 Å². The Bertz CT molecular complexity index is 611. The molecule has 1 aromatic carbocycles. The lowest BCUT2D eigenvalue weighted by Crippen LogP contribution is -1.91. The van der Waals surface area contributed by atoms with E-state index in [0.29, 0.717) is 11.1 Å². The molecule has 0 atom stereocenters. The molecule has 1 N–H and O–H groups in total. The number of nitrogens with zero attached hydrogens (tertiary/aromatic N) is 1. The quantitative estimate of drug-likeness (QED) is 0.461. The van der Waals surface area contributed by atoms with E-state index in [4.69, 9.17) is 12.2 Å². The SMILES string of the molecule is O=CC#Cc1ccc(-n2cc[nH]c2=S)cc1. The molecule has 4 heteroatoms. The lowest BCUT2D eigenvalue weighted by Gasteiger charge is -2.01. The number of carbonyl (C=O) groups is 1. The number of rotatable bonds is 1. The highest BCUT2D eigenvalue weighted by Crippen LogP contribution is 2.09. The van der Waals surface area contributed by atoms with Gasteiger partial charge >= 0.3 is 0 Å². The molecule has 0 radical (unpaired) electrons. The second-order valence-corrected chi connectivity index (χ2v) is 3.46. The zero-order valence-corrected chi connectivity index (χ0v) is 9.12. The van der Waals surface area contributed by atoms with Crippen LogP contribution < -0.4 is 0 Å². The predicted molar refractivity (Wildman–Crippen MR) is 63.9 cm³/mol. The van der Waals surface area contributed by atoms with E-state index in [2.05, 4.69) is 16.8 Å². The van der Waals surface area contributed by atoms with Crippen LogP contribution in [-0.2, 0) is 4.79 Å². The largest absolute Gasteiger partial charge is 0.337 e. The minimum atomic E-state index is 0.580. The van der Waals surface area contributed by atoms with Gasteiger partial charge in [0.1, 0.15) is 0 Å². The van der Waals surface area contributed by atoms with Crippen molar-refractivity contribution in [1.82, 2.24) is 9.55 Å². The summed E-state index contributed by atoms with van der Waals surface area (Å²) in [7, 11) is 0. The Morgan fingerprint density at radius 3 is 2.62 bits per heavy atom. The van der Waals surface area contributed by atoms with Crippen LogP contribution in [0.4, 0.5) is 0 Å². The van der Waals surface area contributed by atoms with Crippen LogP contribution in [0.3, 0.4) is 0 Å². The third-order valence-corrected chi connectivity index (χ3v) is 2.38. The number of aromatic amines is 1. The van der Waals surface area contributed by atoms with Crippen LogP contribution in [-0.4, -0.2) is 15.8 Å². The Morgan fingerprint density at radius 2 is 2.06 bits per heavy atom. The Morgan fingerprint density at radius 1 is 1.31 bits per heavy atom. The molecular formula is C12H8N2OS. The smallest absolute Gasteiger partial charge is 0.193 e. The molecule has 1 heterocycles. The fourth-order valence-corrected chi connectivity index (χ4v) is 1.58. The standard InChI is InChI=1S/C12H8N2OS/c15-9-1-2-10-3-5-11(6-4-10)14-8-7-13-12(14)16/h3-9H,(H,13,16). The highest BCUT2D eigenvalue weighted by molar-refractivity contribution is 7.71. The van der Waals surface area contributed by atoms with Crippen LogP contribution in [0.25, 0.3) is 5.69 Å². The number of H-pyrrole nitrogens is 1. The maximum absolute atomic E-state index is 10.1. The summed E-state index contributed by atoms with van der Waals surface area (Å²) < 4.78 is 2.50. The second-order valence-electron chi connectivity index (χ2n) is 3.07. The number of hydrogen-bond donors (Lipinski definition) is 1. The number of aromatic nitrogens is 2. The molecule has 2 rings (SSSR count). The van der Waals surface area contributed by atoms with E-state index in [9.17, 15) is 4.79 Å². The topological polar surface area (TPSA) is 37.8 Å². The summed E-state index contributed by atoms with van der Waals surface area (Å²) in [5.41, 5.74) is 1.76. The lowest BCUT2D eigenvalue weighted by molar-refractivity contribution is -0.103. The zero-order chi connectivity index (χ0) is 11.4. The van der Waals surface area contributed by atoms with E-state index < -0.39 is 0 Å². The summed E-state index contributed by atoms with van der Waals surface area (Å²) in [6, 6.07) is 7.50. The first-order chi connectivity index (χ1) is 7.81. The van der Waals surface area contributed by atoms with E-state index in [0.717, 1.165) is 11.3 Å². The van der Waals surface area contributed by atoms with Crippen LogP contribution in [0.5, 0.6) is 0 Å². The third-order valence-electron chi connectivity index (χ3n) is 2.07. The maximum Gasteiger partial charge on any atom is 0.193 e. The van der Waals surface area contributed by atoms with E-state index in [1.165, 1.54) is 0 Å². The zero-order valence-electron chi connectivity index (χ0n) is 8.31. The van der Waals surface area contributed by atoms with E-state index in [-0.39, 0.29) is 0 Å². The van der Waals surface area contributed by atoms with Gasteiger partial charge in [0.25, 0.3) is 0 Å². The molecule has 0 bridgehead atoms. The molecule has 1 aromatic heterocycles. The average molecular weight is 228 g/mol. The van der Waals surface area contributed by atoms with E-state index in [1.807, 2.05) is 35.0 Å². The summed E-state index contributed by atoms with van der Waals surface area (Å²) in [6.07, 6.45) is 4.22. The van der Waals surface area contributed by atoms with Gasteiger partial charge in [-0.1, -0.05) is 5.92 Å². The van der Waals surface area contributed by atoms with Crippen molar-refractivity contribution < 1.29 is 4.79 Å². The van der Waals surface area contributed by atoms with Crippen molar-refractivity contribution in [3.8, 4) is 17.5 Å². The molecule has 0 unspecified atom stereocenters. The molecule has 2 aromatic rings. The number of benzene rings is 1. The molecule has 3 nitrogen and oxygen atoms in total. The fourth-order valence-electron chi connectivity index (χ4n) is 1.34. The molecule has 16 heavy (non-hydrogen) atoms. The number of aldehydes is 1. The molecular weight excluding hydrogens is 220 g/mol. The fraction of sp³-hybridized carbons (Fsp3) is 0. The molecule has 0 aliphatic heterocycles. The van der Waals surface area contributed by atoms with Gasteiger partial charge in [-0.2, -0.15) is 0 Å². The van der Waals surface area contributed by atoms with Crippen LogP contribution in [0.2, 0.25) is 0 Å². The first-order valence-electron chi connectivity index (χ1n) is 4.63. The van der Waals surface area contributed by atoms with Crippen molar-refractivity contribution in [2.24, 2.45) is 0 Å². The van der Waals surface area contributed by atoms with Gasteiger partial charge in [-0.15, -0.1) is 0 Å². The van der Waals surface area contributed by atoms with Gasteiger partial charge in [0.15, 0.2) is 11.1 Å². The van der Waals surface area contributed by atoms with Gasteiger partial charge < -0.3 is 4.98 Å². The molecule has 0 amide bonds. The Hall–Kier alpha value is -2.12. The summed E-state index contributed by atoms with van der Waals surface area (Å²) >= 11 is 5.10. The van der Waals surface area contributed by atoms with Crippen molar-refractivity contribution >= 4 is 18.5 Å². The van der Waals surface area contributed by atoms with Gasteiger partial charge in [-0.05, 0) is 42.4 Å². The molecule has 78 valence electrons. The number of carbonyl (C=O) groups excluding carboxylic acids is 1. The normalized spacial score (nSPS) is 9.25. The van der Waals surface area contributed by atoms with Crippen molar-refractivity contribution in [3.63, 3.8) is 0 Å². The van der Waals surface area contributed by atoms with Gasteiger partial charge in [0, 0.05) is 23.6 Å². The molecule has 0 saturated heterocycles. The molecule has 0 spiro atoms. The molecule has 0 aliphatic carbocycles. The first-order valence-corrected chi connectivity index (χ1v) is 5.04. The molecule has 0 fully saturated rings. The van der Waals surface area contributed by atoms with Crippen molar-refractivity contribution in [3.05, 3.63) is 47.0 Å². The summed E-state index contributed by atoms with van der Waals surface area (Å²) in [6.45, 7) is 0. The highest BCUT2D eigenvalue weighted by Gasteiger charge is 1.96. The number of nitrogens with one attached hydrogen (secondary N) is 1. The number of imidazole rings is 1. The third kappa shape index (κ3) is 2.10. The van der Waals surface area contributed by atoms with Gasteiger partial charge in [0.05, 0.1) is 0 Å². The highest BCUT2D eigenvalue weighted by atomic mass is 32.1. The second kappa shape index (κ2) is 4.60. The Balaban J connectivity index is 2.37. The average Bonchev–Trinajstić information content (AvgIpc) is 2.74. The summed E-state index contributed by atoms with van der Waals surface area (Å²) in [5.74, 6) is 5.09. The predicted octanol–water partition coefficient (Wildman–Crippen LogP) is 2.09. The summed E-state index contributed by atoms with van der Waals surface area (Å²) in [4.78, 5) is 13.0. The van der Waals surface area contributed by atoms with E-state index in [1.54, 1.807) is 6.20 Å². The van der Waals surface area contributed by atoms with Crippen molar-refractivity contribution in [1.29, 1.82) is 0 Å². The van der Waals surface area contributed by atoms with E-state index >= 15 is 0 Å². The monoisotopic (exact) mass is 228 g/mol. The van der Waals surface area contributed by atoms with Crippen molar-refractivity contribution in [2.45, 2.75) is 0 Å². The Kier molecular flexibility index (Phi) is 2.99. The van der Waals surface area contributed by atoms with Crippen LogP contribution in [0.1, 0.15) is 5.56 Å². The summed E-state index contributed by atoms with van der Waals surface area (Å²) in [5, 5.41) is 0. The number of hydrogen-bond acceptors (Lipinski definition) is 2. The first kappa shape index (κ1) is 10.4. The minimum absolute atomic E-state index is 0.580. The minimum Gasteiger partial charge on any atom is -0.337 e. The van der Waals surface area contributed by atoms with Gasteiger partial charge in [-0.3, -0.25) is 9.36 Å². The van der Waals surface area contributed by atoms with Gasteiger partial charge in [-0.25, -0.2) is 0 Å². The molecule has 0 aliphatic rings. The Labute approximate surface area is 97.7 Å². The van der Waals surface area contributed by atoms with Gasteiger partial charge in [0.2, 0.25) is 0 Å².